The van der Waals surface area contributed by atoms with Crippen LogP contribution in [0.15, 0.2) is 35.9 Å². The van der Waals surface area contributed by atoms with Crippen LogP contribution in [0.4, 0.5) is 0 Å². The molecule has 2 aromatic heterocycles. The molecule has 156 valence electrons. The van der Waals surface area contributed by atoms with Gasteiger partial charge in [-0.25, -0.2) is 9.59 Å². The Kier molecular flexibility index (Phi) is 6.41. The third kappa shape index (κ3) is 4.29. The van der Waals surface area contributed by atoms with Gasteiger partial charge < -0.3 is 14.0 Å². The molecule has 0 radical (unpaired) electrons. The Morgan fingerprint density at radius 3 is 2.40 bits per heavy atom. The van der Waals surface area contributed by atoms with Gasteiger partial charge in [0.05, 0.1) is 13.2 Å². The minimum absolute atomic E-state index is 0.139. The Labute approximate surface area is 173 Å². The van der Waals surface area contributed by atoms with Gasteiger partial charge in [-0.2, -0.15) is 5.21 Å². The molecule has 0 aliphatic carbocycles. The number of rotatable bonds is 7. The summed E-state index contributed by atoms with van der Waals surface area (Å²) in [4.78, 5) is 24.6. The molecule has 0 fully saturated rings. The predicted molar refractivity (Wildman–Crippen MR) is 110 cm³/mol. The molecule has 0 unspecified atom stereocenters. The Morgan fingerprint density at radius 2 is 1.80 bits per heavy atom. The van der Waals surface area contributed by atoms with Crippen molar-refractivity contribution in [1.82, 2.24) is 25.2 Å². The number of aromatic amines is 1. The average molecular weight is 409 g/mol. The first-order chi connectivity index (χ1) is 14.5. The smallest absolute Gasteiger partial charge is 0.345 e. The van der Waals surface area contributed by atoms with Crippen LogP contribution in [0, 0.1) is 13.8 Å². The minimum atomic E-state index is -0.708. The van der Waals surface area contributed by atoms with Crippen LogP contribution in [0.5, 0.6) is 0 Å². The van der Waals surface area contributed by atoms with Gasteiger partial charge in [0.1, 0.15) is 5.57 Å². The standard InChI is InChI=1S/C21H23N5O4/c1-5-29-20(27)18(21(28)30-6-2)12-16-10-13(3)26(14(16)4)17-9-7-8-15(11-17)19-22-24-25-23-19/h7-12H,5-6H2,1-4H3,(H,22,23,24,25). The van der Waals surface area contributed by atoms with Gasteiger partial charge >= 0.3 is 11.9 Å². The lowest BCUT2D eigenvalue weighted by molar-refractivity contribution is -0.146. The largest absolute Gasteiger partial charge is 0.462 e. The molecule has 0 saturated heterocycles. The van der Waals surface area contributed by atoms with Crippen LogP contribution in [-0.4, -0.2) is 50.3 Å². The van der Waals surface area contributed by atoms with Crippen molar-refractivity contribution in [1.29, 1.82) is 0 Å². The molecule has 0 bridgehead atoms. The van der Waals surface area contributed by atoms with E-state index in [2.05, 4.69) is 20.6 Å². The van der Waals surface area contributed by atoms with Crippen LogP contribution in [0.2, 0.25) is 0 Å². The molecular formula is C21H23N5O4. The number of H-pyrrole nitrogens is 1. The maximum absolute atomic E-state index is 12.3. The molecule has 0 aliphatic heterocycles. The lowest BCUT2D eigenvalue weighted by Gasteiger charge is -2.11. The van der Waals surface area contributed by atoms with E-state index in [1.807, 2.05) is 48.7 Å². The second kappa shape index (κ2) is 9.17. The van der Waals surface area contributed by atoms with Gasteiger partial charge in [-0.05, 0) is 62.7 Å². The van der Waals surface area contributed by atoms with Gasteiger partial charge in [0, 0.05) is 22.6 Å². The Morgan fingerprint density at radius 1 is 1.10 bits per heavy atom. The molecule has 9 nitrogen and oxygen atoms in total. The number of esters is 2. The molecule has 0 spiro atoms. The fourth-order valence-corrected chi connectivity index (χ4v) is 3.17. The number of ether oxygens (including phenoxy) is 2. The minimum Gasteiger partial charge on any atom is -0.462 e. The summed E-state index contributed by atoms with van der Waals surface area (Å²) in [6.45, 7) is 7.55. The van der Waals surface area contributed by atoms with Crippen LogP contribution in [0.1, 0.15) is 30.8 Å². The number of hydrogen-bond donors (Lipinski definition) is 1. The van der Waals surface area contributed by atoms with E-state index < -0.39 is 11.9 Å². The highest BCUT2D eigenvalue weighted by atomic mass is 16.6. The summed E-state index contributed by atoms with van der Waals surface area (Å²) >= 11 is 0. The first kappa shape index (κ1) is 21.0. The second-order valence-electron chi connectivity index (χ2n) is 6.45. The summed E-state index contributed by atoms with van der Waals surface area (Å²) in [6.07, 6.45) is 1.51. The summed E-state index contributed by atoms with van der Waals surface area (Å²) in [5.74, 6) is -0.925. The third-order valence-electron chi connectivity index (χ3n) is 4.47. The Balaban J connectivity index is 2.05. The zero-order chi connectivity index (χ0) is 21.7. The summed E-state index contributed by atoms with van der Waals surface area (Å²) in [5, 5.41) is 14.1. The highest BCUT2D eigenvalue weighted by Crippen LogP contribution is 2.25. The lowest BCUT2D eigenvalue weighted by Crippen LogP contribution is -2.18. The van der Waals surface area contributed by atoms with Gasteiger partial charge in [-0.1, -0.05) is 12.1 Å². The monoisotopic (exact) mass is 409 g/mol. The topological polar surface area (TPSA) is 112 Å². The quantitative estimate of drug-likeness (QED) is 0.276. The van der Waals surface area contributed by atoms with Crippen molar-refractivity contribution in [2.24, 2.45) is 0 Å². The summed E-state index contributed by atoms with van der Waals surface area (Å²) in [6, 6.07) is 9.58. The summed E-state index contributed by atoms with van der Waals surface area (Å²) in [5.41, 5.74) is 4.05. The van der Waals surface area contributed by atoms with Crippen molar-refractivity contribution in [3.8, 4) is 17.1 Å². The molecule has 0 saturated carbocycles. The molecule has 1 aromatic carbocycles. The Bertz CT molecular complexity index is 1060. The molecular weight excluding hydrogens is 386 g/mol. The number of hydrogen-bond acceptors (Lipinski definition) is 7. The zero-order valence-electron chi connectivity index (χ0n) is 17.3. The van der Waals surface area contributed by atoms with Crippen LogP contribution >= 0.6 is 0 Å². The number of nitrogens with zero attached hydrogens (tertiary/aromatic N) is 4. The molecule has 0 amide bonds. The van der Waals surface area contributed by atoms with Gasteiger partial charge in [-0.3, -0.25) is 0 Å². The highest BCUT2D eigenvalue weighted by Gasteiger charge is 2.22. The number of nitrogens with one attached hydrogen (secondary N) is 1. The number of benzene rings is 1. The molecule has 0 aliphatic rings. The van der Waals surface area contributed by atoms with E-state index in [4.69, 9.17) is 9.47 Å². The number of aryl methyl sites for hydroxylation is 1. The predicted octanol–water partition coefficient (Wildman–Crippen LogP) is 2.78. The van der Waals surface area contributed by atoms with Crippen molar-refractivity contribution in [3.63, 3.8) is 0 Å². The fraction of sp³-hybridized carbons (Fsp3) is 0.286. The van der Waals surface area contributed by atoms with E-state index in [1.54, 1.807) is 13.8 Å². The van der Waals surface area contributed by atoms with Crippen LogP contribution in [-0.2, 0) is 19.1 Å². The van der Waals surface area contributed by atoms with E-state index in [1.165, 1.54) is 6.08 Å². The van der Waals surface area contributed by atoms with Crippen molar-refractivity contribution < 1.29 is 19.1 Å². The first-order valence-electron chi connectivity index (χ1n) is 9.55. The van der Waals surface area contributed by atoms with Crippen LogP contribution in [0.3, 0.4) is 0 Å². The SMILES string of the molecule is CCOC(=O)C(=Cc1cc(C)n(-c2cccc(-c3nn[nH]n3)c2)c1C)C(=O)OCC. The summed E-state index contributed by atoms with van der Waals surface area (Å²) in [7, 11) is 0. The van der Waals surface area contributed by atoms with E-state index in [0.717, 1.165) is 22.6 Å². The number of tetrazole rings is 1. The lowest BCUT2D eigenvalue weighted by atomic mass is 10.1. The van der Waals surface area contributed by atoms with Crippen molar-refractivity contribution in [2.45, 2.75) is 27.7 Å². The fourth-order valence-electron chi connectivity index (χ4n) is 3.17. The van der Waals surface area contributed by atoms with Crippen LogP contribution in [0.25, 0.3) is 23.2 Å². The molecule has 0 atom stereocenters. The Hall–Kier alpha value is -3.75. The maximum atomic E-state index is 12.3. The van der Waals surface area contributed by atoms with Crippen LogP contribution < -0.4 is 0 Å². The number of carbonyl (C=O) groups excluding carboxylic acids is 2. The van der Waals surface area contributed by atoms with Gasteiger partial charge in [0.2, 0.25) is 5.82 Å². The first-order valence-corrected chi connectivity index (χ1v) is 9.55. The number of aromatic nitrogens is 5. The van der Waals surface area contributed by atoms with Crippen molar-refractivity contribution in [3.05, 3.63) is 52.9 Å². The van der Waals surface area contributed by atoms with E-state index >= 15 is 0 Å². The van der Waals surface area contributed by atoms with E-state index in [0.29, 0.717) is 11.4 Å². The van der Waals surface area contributed by atoms with Gasteiger partial charge in [-0.15, -0.1) is 10.2 Å². The normalized spacial score (nSPS) is 10.5. The van der Waals surface area contributed by atoms with E-state index in [-0.39, 0.29) is 18.8 Å². The van der Waals surface area contributed by atoms with Crippen molar-refractivity contribution in [2.75, 3.05) is 13.2 Å². The highest BCUT2D eigenvalue weighted by molar-refractivity contribution is 6.17. The maximum Gasteiger partial charge on any atom is 0.345 e. The van der Waals surface area contributed by atoms with E-state index in [9.17, 15) is 9.59 Å². The summed E-state index contributed by atoms with van der Waals surface area (Å²) < 4.78 is 12.1. The van der Waals surface area contributed by atoms with Gasteiger partial charge in [0.15, 0.2) is 0 Å². The molecule has 30 heavy (non-hydrogen) atoms. The molecule has 3 aromatic rings. The molecule has 9 heteroatoms. The second-order valence-corrected chi connectivity index (χ2v) is 6.45. The molecule has 1 N–H and O–H groups in total. The average Bonchev–Trinajstić information content (AvgIpc) is 3.35. The van der Waals surface area contributed by atoms with Crippen molar-refractivity contribution >= 4 is 18.0 Å². The third-order valence-corrected chi connectivity index (χ3v) is 4.47. The number of carbonyl (C=O) groups is 2. The van der Waals surface area contributed by atoms with Gasteiger partial charge in [0.25, 0.3) is 0 Å². The molecule has 2 heterocycles. The zero-order valence-corrected chi connectivity index (χ0v) is 17.3. The molecule has 3 rings (SSSR count).